The molecule has 2 aromatic carbocycles. The van der Waals surface area contributed by atoms with Gasteiger partial charge in [-0.05, 0) is 47.9 Å². The zero-order chi connectivity index (χ0) is 25.2. The van der Waals surface area contributed by atoms with Crippen molar-refractivity contribution in [3.8, 4) is 11.1 Å². The van der Waals surface area contributed by atoms with E-state index in [0.29, 0.717) is 13.0 Å². The van der Waals surface area contributed by atoms with Crippen molar-refractivity contribution in [1.82, 2.24) is 10.6 Å². The van der Waals surface area contributed by atoms with Crippen molar-refractivity contribution >= 4 is 18.0 Å². The van der Waals surface area contributed by atoms with Crippen molar-refractivity contribution in [3.63, 3.8) is 0 Å². The fraction of sp³-hybridized carbons (Fsp3) is 0.464. The molecule has 2 aromatic rings. The lowest BCUT2D eigenvalue weighted by atomic mass is 9.94. The third kappa shape index (κ3) is 7.57. The average Bonchev–Trinajstić information content (AvgIpc) is 3.14. The molecule has 0 fully saturated rings. The molecule has 7 heteroatoms. The van der Waals surface area contributed by atoms with E-state index in [1.165, 1.54) is 11.1 Å². The number of amides is 2. The van der Waals surface area contributed by atoms with Crippen LogP contribution in [0.4, 0.5) is 4.79 Å². The van der Waals surface area contributed by atoms with Crippen molar-refractivity contribution < 1.29 is 24.2 Å². The fourth-order valence-electron chi connectivity index (χ4n) is 4.83. The quantitative estimate of drug-likeness (QED) is 0.370. The van der Waals surface area contributed by atoms with Crippen LogP contribution in [0.25, 0.3) is 11.1 Å². The van der Waals surface area contributed by atoms with E-state index in [0.717, 1.165) is 30.4 Å². The minimum Gasteiger partial charge on any atom is -0.481 e. The Morgan fingerprint density at radius 1 is 0.971 bits per heavy atom. The zero-order valence-electron chi connectivity index (χ0n) is 20.6. The standard InChI is InChI=1S/C28H36N2O5/c1-3-8-20(13-14-27(32)33)15-16-29-26(31)17-19(2)30-28(34)35-18-25-23-11-6-4-9-21(23)22-10-5-7-12-24(22)25/h4-7,9-12,19-20,25H,3,8,13-18H2,1-2H3,(H,29,31)(H,30,34)(H,32,33)/t19-,20?/m0/s1. The number of carbonyl (C=O) groups excluding carboxylic acids is 2. The van der Waals surface area contributed by atoms with Crippen LogP contribution in [0.1, 0.15) is 69.4 Å². The topological polar surface area (TPSA) is 105 Å². The SMILES string of the molecule is CCCC(CCNC(=O)C[C@H](C)NC(=O)OCC1c2ccccc2-c2ccccc21)CCC(=O)O. The molecule has 7 nitrogen and oxygen atoms in total. The first-order chi connectivity index (χ1) is 16.9. The maximum atomic E-state index is 12.4. The van der Waals surface area contributed by atoms with Crippen molar-refractivity contribution in [1.29, 1.82) is 0 Å². The van der Waals surface area contributed by atoms with Gasteiger partial charge >= 0.3 is 12.1 Å². The van der Waals surface area contributed by atoms with Crippen molar-refractivity contribution in [2.45, 2.75) is 64.3 Å². The number of nitrogens with one attached hydrogen (secondary N) is 2. The second-order valence-electron chi connectivity index (χ2n) is 9.30. The number of carboxylic acid groups (broad SMARTS) is 1. The summed E-state index contributed by atoms with van der Waals surface area (Å²) in [5.74, 6) is -0.662. The van der Waals surface area contributed by atoms with E-state index in [2.05, 4.69) is 41.8 Å². The molecule has 2 amide bonds. The highest BCUT2D eigenvalue weighted by Gasteiger charge is 2.29. The molecule has 35 heavy (non-hydrogen) atoms. The highest BCUT2D eigenvalue weighted by atomic mass is 16.5. The molecule has 0 aromatic heterocycles. The number of benzene rings is 2. The second-order valence-corrected chi connectivity index (χ2v) is 9.30. The predicted octanol–water partition coefficient (Wildman–Crippen LogP) is 5.09. The van der Waals surface area contributed by atoms with Gasteiger partial charge in [-0.15, -0.1) is 0 Å². The molecular formula is C28H36N2O5. The van der Waals surface area contributed by atoms with Crippen molar-refractivity contribution in [3.05, 3.63) is 59.7 Å². The number of ether oxygens (including phenoxy) is 1. The van der Waals surface area contributed by atoms with Gasteiger partial charge in [-0.2, -0.15) is 0 Å². The van der Waals surface area contributed by atoms with E-state index in [1.807, 2.05) is 24.3 Å². The molecule has 0 saturated heterocycles. The Morgan fingerprint density at radius 2 is 1.60 bits per heavy atom. The first kappa shape index (κ1) is 26.3. The highest BCUT2D eigenvalue weighted by Crippen LogP contribution is 2.44. The van der Waals surface area contributed by atoms with Crippen LogP contribution in [0.15, 0.2) is 48.5 Å². The molecule has 1 unspecified atom stereocenters. The van der Waals surface area contributed by atoms with Gasteiger partial charge < -0.3 is 20.5 Å². The molecular weight excluding hydrogens is 444 g/mol. The second kappa shape index (κ2) is 12.9. The van der Waals surface area contributed by atoms with E-state index >= 15 is 0 Å². The van der Waals surface area contributed by atoms with Gasteiger partial charge in [0.25, 0.3) is 0 Å². The number of alkyl carbamates (subject to hydrolysis) is 1. The smallest absolute Gasteiger partial charge is 0.407 e. The summed E-state index contributed by atoms with van der Waals surface area (Å²) in [5, 5.41) is 14.5. The normalized spacial score (nSPS) is 13.9. The summed E-state index contributed by atoms with van der Waals surface area (Å²) < 4.78 is 5.55. The fourth-order valence-corrected chi connectivity index (χ4v) is 4.83. The van der Waals surface area contributed by atoms with Gasteiger partial charge in [-0.3, -0.25) is 9.59 Å². The van der Waals surface area contributed by atoms with Crippen LogP contribution in [0, 0.1) is 5.92 Å². The van der Waals surface area contributed by atoms with Gasteiger partial charge in [-0.1, -0.05) is 68.3 Å². The van der Waals surface area contributed by atoms with Gasteiger partial charge in [0.05, 0.1) is 0 Å². The lowest BCUT2D eigenvalue weighted by molar-refractivity contribution is -0.137. The molecule has 0 spiro atoms. The maximum absolute atomic E-state index is 12.4. The monoisotopic (exact) mass is 480 g/mol. The van der Waals surface area contributed by atoms with Gasteiger partial charge in [0.2, 0.25) is 5.91 Å². The van der Waals surface area contributed by atoms with E-state index in [1.54, 1.807) is 6.92 Å². The number of hydrogen-bond acceptors (Lipinski definition) is 4. The van der Waals surface area contributed by atoms with Crippen molar-refractivity contribution in [2.24, 2.45) is 5.92 Å². The Bertz CT molecular complexity index is 976. The maximum Gasteiger partial charge on any atom is 0.407 e. The number of hydrogen-bond donors (Lipinski definition) is 3. The number of carboxylic acids is 1. The van der Waals surface area contributed by atoms with Gasteiger partial charge in [0.15, 0.2) is 0 Å². The van der Waals surface area contributed by atoms with E-state index in [-0.39, 0.29) is 43.2 Å². The summed E-state index contributed by atoms with van der Waals surface area (Å²) in [6.45, 7) is 4.57. The molecule has 0 saturated carbocycles. The largest absolute Gasteiger partial charge is 0.481 e. The summed E-state index contributed by atoms with van der Waals surface area (Å²) in [7, 11) is 0. The van der Waals surface area contributed by atoms with E-state index in [9.17, 15) is 14.4 Å². The van der Waals surface area contributed by atoms with Crippen LogP contribution < -0.4 is 10.6 Å². The minimum absolute atomic E-state index is 0.0102. The summed E-state index contributed by atoms with van der Waals surface area (Å²) in [4.78, 5) is 35.5. The average molecular weight is 481 g/mol. The Kier molecular flexibility index (Phi) is 9.70. The predicted molar refractivity (Wildman–Crippen MR) is 135 cm³/mol. The van der Waals surface area contributed by atoms with Crippen LogP contribution in [0.2, 0.25) is 0 Å². The Morgan fingerprint density at radius 3 is 2.20 bits per heavy atom. The number of fused-ring (bicyclic) bond motifs is 3. The Hall–Kier alpha value is -3.35. The van der Waals surface area contributed by atoms with E-state index in [4.69, 9.17) is 9.84 Å². The molecule has 0 heterocycles. The first-order valence-electron chi connectivity index (χ1n) is 12.5. The molecule has 2 atom stereocenters. The molecule has 3 rings (SSSR count). The summed E-state index contributed by atoms with van der Waals surface area (Å²) in [5.41, 5.74) is 4.65. The first-order valence-corrected chi connectivity index (χ1v) is 12.5. The van der Waals surface area contributed by atoms with Gasteiger partial charge in [-0.25, -0.2) is 4.79 Å². The molecule has 0 aliphatic heterocycles. The molecule has 3 N–H and O–H groups in total. The zero-order valence-corrected chi connectivity index (χ0v) is 20.6. The molecule has 1 aliphatic rings. The molecule has 0 radical (unpaired) electrons. The lowest BCUT2D eigenvalue weighted by Crippen LogP contribution is -2.38. The van der Waals surface area contributed by atoms with Crippen LogP contribution in [-0.2, 0) is 14.3 Å². The Balaban J connectivity index is 1.41. The third-order valence-corrected chi connectivity index (χ3v) is 6.54. The molecule has 188 valence electrons. The van der Waals surface area contributed by atoms with Crippen LogP contribution >= 0.6 is 0 Å². The van der Waals surface area contributed by atoms with Crippen LogP contribution in [0.5, 0.6) is 0 Å². The third-order valence-electron chi connectivity index (χ3n) is 6.54. The molecule has 0 bridgehead atoms. The number of aliphatic carboxylic acids is 1. The Labute approximate surface area is 207 Å². The summed E-state index contributed by atoms with van der Waals surface area (Å²) in [6.07, 6.45) is 3.07. The number of rotatable bonds is 13. The molecule has 1 aliphatic carbocycles. The number of carbonyl (C=O) groups is 3. The van der Waals surface area contributed by atoms with Crippen molar-refractivity contribution in [2.75, 3.05) is 13.2 Å². The minimum atomic E-state index is -0.789. The van der Waals surface area contributed by atoms with Gasteiger partial charge in [0.1, 0.15) is 6.61 Å². The lowest BCUT2D eigenvalue weighted by Gasteiger charge is -2.18. The summed E-state index contributed by atoms with van der Waals surface area (Å²) >= 11 is 0. The van der Waals surface area contributed by atoms with Gasteiger partial charge in [0, 0.05) is 31.3 Å². The van der Waals surface area contributed by atoms with E-state index < -0.39 is 12.1 Å². The summed E-state index contributed by atoms with van der Waals surface area (Å²) in [6, 6.07) is 16.0. The highest BCUT2D eigenvalue weighted by molar-refractivity contribution is 5.79. The van der Waals surface area contributed by atoms with Crippen LogP contribution in [-0.4, -0.2) is 42.3 Å². The van der Waals surface area contributed by atoms with Crippen LogP contribution in [0.3, 0.4) is 0 Å².